The van der Waals surface area contributed by atoms with Gasteiger partial charge in [0.15, 0.2) is 0 Å². The lowest BCUT2D eigenvalue weighted by atomic mass is 10.4. The van der Waals surface area contributed by atoms with Gasteiger partial charge in [-0.2, -0.15) is 5.10 Å². The quantitative estimate of drug-likeness (QED) is 0.721. The summed E-state index contributed by atoms with van der Waals surface area (Å²) in [6.45, 7) is 1.88. The highest BCUT2D eigenvalue weighted by Gasteiger charge is 1.93. The number of halogens is 3. The lowest BCUT2D eigenvalue weighted by Gasteiger charge is -1.79. The summed E-state index contributed by atoms with van der Waals surface area (Å²) in [7, 11) is 1.85. The van der Waals surface area contributed by atoms with Crippen LogP contribution in [0.1, 0.15) is 5.69 Å². The highest BCUT2D eigenvalue weighted by Crippen LogP contribution is 2.03. The van der Waals surface area contributed by atoms with Crippen molar-refractivity contribution in [1.82, 2.24) is 9.78 Å². The van der Waals surface area contributed by atoms with Gasteiger partial charge in [-0.15, -0.1) is 37.2 Å². The van der Waals surface area contributed by atoms with Gasteiger partial charge in [-0.1, -0.05) is 0 Å². The van der Waals surface area contributed by atoms with E-state index in [2.05, 4.69) is 5.10 Å². The van der Waals surface area contributed by atoms with Crippen molar-refractivity contribution in [3.63, 3.8) is 0 Å². The van der Waals surface area contributed by atoms with E-state index < -0.39 is 0 Å². The van der Waals surface area contributed by atoms with Gasteiger partial charge in [-0.05, 0) is 6.92 Å². The third kappa shape index (κ3) is 4.35. The molecule has 0 aliphatic rings. The Balaban J connectivity index is -0.000000213. The molecule has 6 heteroatoms. The molecule has 0 aromatic carbocycles. The molecule has 0 unspecified atom stereocenters. The van der Waals surface area contributed by atoms with Gasteiger partial charge in [0.2, 0.25) is 0 Å². The molecule has 0 aliphatic carbocycles. The zero-order valence-electron chi connectivity index (χ0n) is 6.27. The first-order valence-corrected chi connectivity index (χ1v) is 2.46. The van der Waals surface area contributed by atoms with E-state index in [0.29, 0.717) is 0 Å². The predicted molar refractivity (Wildman–Crippen MR) is 54.1 cm³/mol. The molecule has 1 rings (SSSR count). The van der Waals surface area contributed by atoms with E-state index in [1.54, 1.807) is 10.9 Å². The molecule has 0 radical (unpaired) electrons. The molecule has 0 bridgehead atoms. The van der Waals surface area contributed by atoms with E-state index in [9.17, 15) is 0 Å². The minimum Gasteiger partial charge on any atom is -0.396 e. The van der Waals surface area contributed by atoms with Crippen molar-refractivity contribution >= 4 is 42.9 Å². The standard InChI is InChI=1S/C5H9N3.3ClH/c1-4-5(6)3-8(2)7-4;;;/h3H,6H2,1-2H3;3*1H. The molecule has 1 aromatic rings. The summed E-state index contributed by atoms with van der Waals surface area (Å²) in [4.78, 5) is 0. The van der Waals surface area contributed by atoms with Crippen LogP contribution in [0.15, 0.2) is 6.20 Å². The van der Waals surface area contributed by atoms with Gasteiger partial charge in [0.1, 0.15) is 0 Å². The normalized spacial score (nSPS) is 7.09. The summed E-state index contributed by atoms with van der Waals surface area (Å²) >= 11 is 0. The van der Waals surface area contributed by atoms with E-state index in [4.69, 9.17) is 5.73 Å². The first-order chi connectivity index (χ1) is 3.70. The molecule has 0 spiro atoms. The first kappa shape index (κ1) is 17.1. The number of nitrogens with two attached hydrogens (primary N) is 1. The smallest absolute Gasteiger partial charge is 0.0822 e. The van der Waals surface area contributed by atoms with Crippen LogP contribution in [-0.4, -0.2) is 9.78 Å². The maximum Gasteiger partial charge on any atom is 0.0822 e. The van der Waals surface area contributed by atoms with Crippen LogP contribution < -0.4 is 5.73 Å². The molecule has 0 fully saturated rings. The van der Waals surface area contributed by atoms with Crippen LogP contribution in [0.5, 0.6) is 0 Å². The molecule has 3 nitrogen and oxygen atoms in total. The van der Waals surface area contributed by atoms with Crippen molar-refractivity contribution in [2.24, 2.45) is 7.05 Å². The zero-order valence-corrected chi connectivity index (χ0v) is 8.72. The van der Waals surface area contributed by atoms with Crippen LogP contribution in [0.3, 0.4) is 0 Å². The molecule has 0 saturated heterocycles. The molecule has 11 heavy (non-hydrogen) atoms. The maximum absolute atomic E-state index is 5.46. The number of rotatable bonds is 0. The van der Waals surface area contributed by atoms with Gasteiger partial charge in [0, 0.05) is 13.2 Å². The highest BCUT2D eigenvalue weighted by molar-refractivity contribution is 5.86. The van der Waals surface area contributed by atoms with E-state index in [0.717, 1.165) is 11.4 Å². The van der Waals surface area contributed by atoms with Crippen molar-refractivity contribution in [2.45, 2.75) is 6.92 Å². The van der Waals surface area contributed by atoms with Gasteiger partial charge in [-0.25, -0.2) is 0 Å². The van der Waals surface area contributed by atoms with E-state index in [1.165, 1.54) is 0 Å². The molecular weight excluding hydrogens is 208 g/mol. The fraction of sp³-hybridized carbons (Fsp3) is 0.400. The Morgan fingerprint density at radius 3 is 1.91 bits per heavy atom. The third-order valence-electron chi connectivity index (χ3n) is 1.05. The summed E-state index contributed by atoms with van der Waals surface area (Å²) < 4.78 is 1.70. The molecule has 0 saturated carbocycles. The highest BCUT2D eigenvalue weighted by atomic mass is 35.5. The molecule has 2 N–H and O–H groups in total. The minimum absolute atomic E-state index is 0. The number of aromatic nitrogens is 2. The van der Waals surface area contributed by atoms with Crippen LogP contribution in [0, 0.1) is 6.92 Å². The fourth-order valence-electron chi connectivity index (χ4n) is 0.618. The number of hydrogen-bond donors (Lipinski definition) is 1. The third-order valence-corrected chi connectivity index (χ3v) is 1.05. The topological polar surface area (TPSA) is 43.8 Å². The molecule has 0 atom stereocenters. The average Bonchev–Trinajstić information content (AvgIpc) is 1.85. The molecule has 0 amide bonds. The van der Waals surface area contributed by atoms with Gasteiger partial charge in [0.25, 0.3) is 0 Å². The summed E-state index contributed by atoms with van der Waals surface area (Å²) in [5, 5.41) is 4.00. The summed E-state index contributed by atoms with van der Waals surface area (Å²) in [5.74, 6) is 0. The molecule has 0 aliphatic heterocycles. The van der Waals surface area contributed by atoms with Crippen LogP contribution in [0.2, 0.25) is 0 Å². The molecular formula is C5H12Cl3N3. The van der Waals surface area contributed by atoms with Crippen molar-refractivity contribution < 1.29 is 0 Å². The lowest BCUT2D eigenvalue weighted by molar-refractivity contribution is 0.756. The van der Waals surface area contributed by atoms with Crippen LogP contribution in [-0.2, 0) is 7.05 Å². The second kappa shape index (κ2) is 6.58. The Labute approximate surface area is 84.6 Å². The summed E-state index contributed by atoms with van der Waals surface area (Å²) in [6.07, 6.45) is 1.79. The molecule has 68 valence electrons. The molecule has 1 aromatic heterocycles. The minimum atomic E-state index is 0. The summed E-state index contributed by atoms with van der Waals surface area (Å²) in [5.41, 5.74) is 7.11. The van der Waals surface area contributed by atoms with E-state index >= 15 is 0 Å². The van der Waals surface area contributed by atoms with Crippen LogP contribution in [0.25, 0.3) is 0 Å². The fourth-order valence-corrected chi connectivity index (χ4v) is 0.618. The maximum atomic E-state index is 5.46. The largest absolute Gasteiger partial charge is 0.396 e. The van der Waals surface area contributed by atoms with Crippen molar-refractivity contribution in [1.29, 1.82) is 0 Å². The number of anilines is 1. The Hall–Kier alpha value is -0.120. The van der Waals surface area contributed by atoms with Gasteiger partial charge >= 0.3 is 0 Å². The first-order valence-electron chi connectivity index (χ1n) is 2.46. The second-order valence-corrected chi connectivity index (χ2v) is 1.84. The number of hydrogen-bond acceptors (Lipinski definition) is 2. The number of aryl methyl sites for hydroxylation is 2. The SMILES string of the molecule is Cc1nn(C)cc1N.Cl.Cl.Cl. The predicted octanol–water partition coefficient (Wildman–Crippen LogP) is 1.58. The molecule has 1 heterocycles. The average molecular weight is 221 g/mol. The zero-order chi connectivity index (χ0) is 6.15. The Morgan fingerprint density at radius 1 is 1.36 bits per heavy atom. The van der Waals surface area contributed by atoms with E-state index in [1.807, 2.05) is 14.0 Å². The number of nitrogens with zero attached hydrogens (tertiary/aromatic N) is 2. The monoisotopic (exact) mass is 219 g/mol. The Bertz CT molecular complexity index is 179. The Morgan fingerprint density at radius 2 is 1.82 bits per heavy atom. The van der Waals surface area contributed by atoms with Crippen molar-refractivity contribution in [2.75, 3.05) is 5.73 Å². The van der Waals surface area contributed by atoms with Gasteiger partial charge < -0.3 is 5.73 Å². The van der Waals surface area contributed by atoms with Crippen LogP contribution >= 0.6 is 37.2 Å². The van der Waals surface area contributed by atoms with Gasteiger partial charge in [-0.3, -0.25) is 4.68 Å². The van der Waals surface area contributed by atoms with Crippen LogP contribution in [0.4, 0.5) is 5.69 Å². The van der Waals surface area contributed by atoms with Gasteiger partial charge in [0.05, 0.1) is 11.4 Å². The van der Waals surface area contributed by atoms with E-state index in [-0.39, 0.29) is 37.2 Å². The Kier molecular flexibility index (Phi) is 10.2. The van der Waals surface area contributed by atoms with Crippen molar-refractivity contribution in [3.05, 3.63) is 11.9 Å². The van der Waals surface area contributed by atoms with Crippen molar-refractivity contribution in [3.8, 4) is 0 Å². The second-order valence-electron chi connectivity index (χ2n) is 1.84. The number of nitrogen functional groups attached to an aromatic ring is 1. The summed E-state index contributed by atoms with van der Waals surface area (Å²) in [6, 6.07) is 0. The lowest BCUT2D eigenvalue weighted by Crippen LogP contribution is -1.86.